The molecule has 6 nitrogen and oxygen atoms in total. The molecule has 0 bridgehead atoms. The maximum atomic E-state index is 11.7. The van der Waals surface area contributed by atoms with Gasteiger partial charge in [-0.25, -0.2) is 0 Å². The highest BCUT2D eigenvalue weighted by Gasteiger charge is 2.08. The molecule has 1 rings (SSSR count). The van der Waals surface area contributed by atoms with Crippen molar-refractivity contribution in [3.05, 3.63) is 39.9 Å². The first-order chi connectivity index (χ1) is 8.50. The molecule has 7 heteroatoms. The molecule has 0 saturated heterocycles. The average Bonchev–Trinajstić information content (AvgIpc) is 2.34. The number of hydrogen-bond donors (Lipinski definition) is 1. The van der Waals surface area contributed by atoms with Crippen LogP contribution in [0.4, 0.5) is 5.69 Å². The molecule has 1 N–H and O–H groups in total. The molecule has 0 fully saturated rings. The van der Waals surface area contributed by atoms with Gasteiger partial charge in [-0.1, -0.05) is 0 Å². The van der Waals surface area contributed by atoms with E-state index in [1.807, 2.05) is 19.0 Å². The predicted octanol–water partition coefficient (Wildman–Crippen LogP) is -1.72. The van der Waals surface area contributed by atoms with Gasteiger partial charge in [0.2, 0.25) is 0 Å². The number of nitro benzene ring substituents is 1. The summed E-state index contributed by atoms with van der Waals surface area (Å²) in [6, 6.07) is 5.57. The topological polar surface area (TPSA) is 75.5 Å². The molecular formula is C12H17ClN3O3-. The van der Waals surface area contributed by atoms with Crippen LogP contribution in [0.25, 0.3) is 0 Å². The molecular weight excluding hydrogens is 270 g/mol. The van der Waals surface area contributed by atoms with Crippen LogP contribution in [0.5, 0.6) is 0 Å². The van der Waals surface area contributed by atoms with Crippen LogP contribution in [0.15, 0.2) is 24.3 Å². The molecule has 0 unspecified atom stereocenters. The Morgan fingerprint density at radius 3 is 2.37 bits per heavy atom. The molecule has 0 aromatic heterocycles. The second-order valence-electron chi connectivity index (χ2n) is 4.22. The molecule has 0 radical (unpaired) electrons. The largest absolute Gasteiger partial charge is 1.00 e. The van der Waals surface area contributed by atoms with Crippen molar-refractivity contribution in [1.82, 2.24) is 10.2 Å². The lowest BCUT2D eigenvalue weighted by Crippen LogP contribution is -3.00. The number of amides is 1. The zero-order chi connectivity index (χ0) is 13.5. The van der Waals surface area contributed by atoms with Crippen molar-refractivity contribution in [2.24, 2.45) is 0 Å². The standard InChI is InChI=1S/C12H17N3O3.ClH/c1-14(2)9-3-8-13-12(16)10-4-6-11(7-5-10)15(17)18;/h4-7H,3,8-9H2,1-2H3,(H,13,16);1H/p-1. The molecule has 0 aliphatic heterocycles. The maximum absolute atomic E-state index is 11.7. The van der Waals surface area contributed by atoms with Crippen molar-refractivity contribution >= 4 is 11.6 Å². The molecule has 1 aromatic carbocycles. The van der Waals surface area contributed by atoms with Gasteiger partial charge in [0.25, 0.3) is 11.6 Å². The summed E-state index contributed by atoms with van der Waals surface area (Å²) >= 11 is 0. The molecule has 19 heavy (non-hydrogen) atoms. The van der Waals surface area contributed by atoms with E-state index in [4.69, 9.17) is 0 Å². The van der Waals surface area contributed by atoms with Crippen molar-refractivity contribution in [3.8, 4) is 0 Å². The molecule has 0 heterocycles. The third-order valence-corrected chi connectivity index (χ3v) is 2.41. The number of nitro groups is 1. The number of halogens is 1. The van der Waals surface area contributed by atoms with Crippen LogP contribution in [0, 0.1) is 10.1 Å². The minimum absolute atomic E-state index is 0. The van der Waals surface area contributed by atoms with Gasteiger partial charge in [-0.3, -0.25) is 14.9 Å². The van der Waals surface area contributed by atoms with Gasteiger partial charge in [0.05, 0.1) is 4.92 Å². The Labute approximate surface area is 118 Å². The van der Waals surface area contributed by atoms with Crippen molar-refractivity contribution in [1.29, 1.82) is 0 Å². The minimum Gasteiger partial charge on any atom is -1.00 e. The first-order valence-corrected chi connectivity index (χ1v) is 5.68. The Balaban J connectivity index is 0.00000324. The second kappa shape index (κ2) is 8.44. The van der Waals surface area contributed by atoms with E-state index in [2.05, 4.69) is 5.32 Å². The van der Waals surface area contributed by atoms with Crippen molar-refractivity contribution < 1.29 is 22.1 Å². The molecule has 0 aliphatic rings. The quantitative estimate of drug-likeness (QED) is 0.383. The van der Waals surface area contributed by atoms with Crippen LogP contribution in [-0.4, -0.2) is 42.9 Å². The summed E-state index contributed by atoms with van der Waals surface area (Å²) in [5.41, 5.74) is 0.421. The fourth-order valence-corrected chi connectivity index (χ4v) is 1.43. The third kappa shape index (κ3) is 6.17. The Morgan fingerprint density at radius 1 is 1.32 bits per heavy atom. The summed E-state index contributed by atoms with van der Waals surface area (Å²) in [6.45, 7) is 1.49. The van der Waals surface area contributed by atoms with E-state index in [0.29, 0.717) is 12.1 Å². The number of hydrogen-bond acceptors (Lipinski definition) is 4. The zero-order valence-corrected chi connectivity index (χ0v) is 11.7. The first kappa shape index (κ1) is 17.3. The monoisotopic (exact) mass is 286 g/mol. The fraction of sp³-hybridized carbons (Fsp3) is 0.417. The Hall–Kier alpha value is -1.66. The predicted molar refractivity (Wildman–Crippen MR) is 68.6 cm³/mol. The summed E-state index contributed by atoms with van der Waals surface area (Å²) in [5, 5.41) is 13.2. The average molecular weight is 287 g/mol. The molecule has 0 aliphatic carbocycles. The molecule has 0 spiro atoms. The molecule has 1 amide bonds. The highest BCUT2D eigenvalue weighted by Crippen LogP contribution is 2.11. The van der Waals surface area contributed by atoms with Crippen LogP contribution in [0.3, 0.4) is 0 Å². The van der Waals surface area contributed by atoms with Crippen LogP contribution in [-0.2, 0) is 0 Å². The van der Waals surface area contributed by atoms with Gasteiger partial charge < -0.3 is 22.6 Å². The highest BCUT2D eigenvalue weighted by molar-refractivity contribution is 5.94. The van der Waals surface area contributed by atoms with Crippen LogP contribution >= 0.6 is 0 Å². The number of carbonyl (C=O) groups is 1. The van der Waals surface area contributed by atoms with Gasteiger partial charge in [0, 0.05) is 24.2 Å². The SMILES string of the molecule is CN(C)CCCNC(=O)c1ccc([N+](=O)[O-])cc1.[Cl-]. The van der Waals surface area contributed by atoms with E-state index < -0.39 is 4.92 Å². The van der Waals surface area contributed by atoms with Crippen LogP contribution in [0.2, 0.25) is 0 Å². The van der Waals surface area contributed by atoms with Crippen LogP contribution < -0.4 is 17.7 Å². The number of nitrogens with zero attached hydrogens (tertiary/aromatic N) is 2. The second-order valence-corrected chi connectivity index (χ2v) is 4.22. The van der Waals surface area contributed by atoms with E-state index in [-0.39, 0.29) is 24.0 Å². The zero-order valence-electron chi connectivity index (χ0n) is 10.9. The van der Waals surface area contributed by atoms with Gasteiger partial charge in [-0.05, 0) is 39.2 Å². The third-order valence-electron chi connectivity index (χ3n) is 2.41. The van der Waals surface area contributed by atoms with Gasteiger partial charge in [-0.15, -0.1) is 0 Å². The van der Waals surface area contributed by atoms with Crippen molar-refractivity contribution in [2.75, 3.05) is 27.2 Å². The fourth-order valence-electron chi connectivity index (χ4n) is 1.43. The van der Waals surface area contributed by atoms with E-state index >= 15 is 0 Å². The normalized spacial score (nSPS) is 9.84. The van der Waals surface area contributed by atoms with Gasteiger partial charge in [-0.2, -0.15) is 0 Å². The molecule has 0 saturated carbocycles. The minimum atomic E-state index is -0.487. The summed E-state index contributed by atoms with van der Waals surface area (Å²) in [6.07, 6.45) is 0.867. The van der Waals surface area contributed by atoms with E-state index in [1.54, 1.807) is 0 Å². The summed E-state index contributed by atoms with van der Waals surface area (Å²) in [5.74, 6) is -0.205. The van der Waals surface area contributed by atoms with Gasteiger partial charge >= 0.3 is 0 Å². The lowest BCUT2D eigenvalue weighted by atomic mass is 10.2. The number of rotatable bonds is 6. The lowest BCUT2D eigenvalue weighted by molar-refractivity contribution is -0.384. The van der Waals surface area contributed by atoms with E-state index in [0.717, 1.165) is 13.0 Å². The molecule has 0 atom stereocenters. The number of non-ortho nitro benzene ring substituents is 1. The van der Waals surface area contributed by atoms with Crippen molar-refractivity contribution in [2.45, 2.75) is 6.42 Å². The smallest absolute Gasteiger partial charge is 0.269 e. The Bertz CT molecular complexity index is 421. The molecule has 106 valence electrons. The summed E-state index contributed by atoms with van der Waals surface area (Å²) in [7, 11) is 3.94. The van der Waals surface area contributed by atoms with Crippen molar-refractivity contribution in [3.63, 3.8) is 0 Å². The highest BCUT2D eigenvalue weighted by atomic mass is 35.5. The number of nitrogens with one attached hydrogen (secondary N) is 1. The van der Waals surface area contributed by atoms with Gasteiger partial charge in [0.15, 0.2) is 0 Å². The summed E-state index contributed by atoms with van der Waals surface area (Å²) in [4.78, 5) is 23.7. The molecule has 1 aromatic rings. The van der Waals surface area contributed by atoms with E-state index in [9.17, 15) is 14.9 Å². The first-order valence-electron chi connectivity index (χ1n) is 5.68. The summed E-state index contributed by atoms with van der Waals surface area (Å²) < 4.78 is 0. The number of carbonyl (C=O) groups excluding carboxylic acids is 1. The number of benzene rings is 1. The Morgan fingerprint density at radius 2 is 1.89 bits per heavy atom. The Kier molecular flexibility index (Phi) is 7.71. The maximum Gasteiger partial charge on any atom is 0.269 e. The van der Waals surface area contributed by atoms with E-state index in [1.165, 1.54) is 24.3 Å². The van der Waals surface area contributed by atoms with Gasteiger partial charge in [0.1, 0.15) is 0 Å². The lowest BCUT2D eigenvalue weighted by Gasteiger charge is -2.09. The van der Waals surface area contributed by atoms with Crippen LogP contribution in [0.1, 0.15) is 16.8 Å².